The van der Waals surface area contributed by atoms with Gasteiger partial charge in [0.2, 0.25) is 0 Å². The number of nitrogens with zero attached hydrogens (tertiary/aromatic N) is 1. The van der Waals surface area contributed by atoms with Gasteiger partial charge in [0.05, 0.1) is 0 Å². The molecule has 1 aromatic carbocycles. The van der Waals surface area contributed by atoms with Crippen molar-refractivity contribution in [2.75, 3.05) is 6.54 Å². The molecule has 2 heterocycles. The molecule has 0 amide bonds. The Bertz CT molecular complexity index is 582. The summed E-state index contributed by atoms with van der Waals surface area (Å²) in [4.78, 5) is 3.69. The van der Waals surface area contributed by atoms with Crippen molar-refractivity contribution >= 4 is 11.3 Å². The predicted molar refractivity (Wildman–Crippen MR) is 82.3 cm³/mol. The Morgan fingerprint density at radius 3 is 2.81 bits per heavy atom. The third-order valence-electron chi connectivity index (χ3n) is 4.12. The van der Waals surface area contributed by atoms with E-state index in [0.29, 0.717) is 18.2 Å². The summed E-state index contributed by atoms with van der Waals surface area (Å²) in [5.41, 5.74) is 0.583. The van der Waals surface area contributed by atoms with E-state index < -0.39 is 11.6 Å². The van der Waals surface area contributed by atoms with Gasteiger partial charge < -0.3 is 0 Å². The fourth-order valence-electron chi connectivity index (χ4n) is 3.03. The molecular weight excluding hydrogens is 288 g/mol. The van der Waals surface area contributed by atoms with Gasteiger partial charge in [-0.1, -0.05) is 25.0 Å². The normalized spacial score (nSPS) is 20.4. The van der Waals surface area contributed by atoms with E-state index in [1.165, 1.54) is 23.8 Å². The maximum atomic E-state index is 13.9. The van der Waals surface area contributed by atoms with Crippen molar-refractivity contribution in [1.82, 2.24) is 4.90 Å². The van der Waals surface area contributed by atoms with Crippen molar-refractivity contribution in [2.45, 2.75) is 38.3 Å². The predicted octanol–water partition coefficient (Wildman–Crippen LogP) is 5.14. The van der Waals surface area contributed by atoms with Crippen molar-refractivity contribution in [3.63, 3.8) is 0 Å². The number of hydrogen-bond donors (Lipinski definition) is 0. The minimum Gasteiger partial charge on any atom is -0.291 e. The highest BCUT2D eigenvalue weighted by Gasteiger charge is 2.24. The van der Waals surface area contributed by atoms with E-state index in [0.717, 1.165) is 25.5 Å². The SMILES string of the molecule is Fc1ccc(CN2CCCCC[C@H]2c2cccs2)c(F)c1. The monoisotopic (exact) mass is 307 g/mol. The van der Waals surface area contributed by atoms with Gasteiger partial charge in [-0.25, -0.2) is 8.78 Å². The first-order valence-electron chi connectivity index (χ1n) is 7.45. The molecule has 21 heavy (non-hydrogen) atoms. The number of hydrogen-bond acceptors (Lipinski definition) is 2. The van der Waals surface area contributed by atoms with Crippen LogP contribution < -0.4 is 0 Å². The lowest BCUT2D eigenvalue weighted by Crippen LogP contribution is -2.28. The number of likely N-dealkylation sites (tertiary alicyclic amines) is 1. The van der Waals surface area contributed by atoms with Gasteiger partial charge in [0.1, 0.15) is 11.6 Å². The van der Waals surface area contributed by atoms with E-state index in [2.05, 4.69) is 22.4 Å². The highest BCUT2D eigenvalue weighted by Crippen LogP contribution is 2.34. The first-order chi connectivity index (χ1) is 10.2. The van der Waals surface area contributed by atoms with Gasteiger partial charge in [-0.3, -0.25) is 4.90 Å². The minimum atomic E-state index is -0.512. The Morgan fingerprint density at radius 2 is 2.05 bits per heavy atom. The zero-order valence-corrected chi connectivity index (χ0v) is 12.7. The average molecular weight is 307 g/mol. The van der Waals surface area contributed by atoms with E-state index in [4.69, 9.17) is 0 Å². The second-order valence-corrected chi connectivity index (χ2v) is 6.57. The second kappa shape index (κ2) is 6.67. The van der Waals surface area contributed by atoms with Crippen LogP contribution in [0.2, 0.25) is 0 Å². The summed E-state index contributed by atoms with van der Waals surface area (Å²) in [7, 11) is 0. The molecule has 1 aromatic heterocycles. The molecule has 3 rings (SSSR count). The number of halogens is 2. The molecule has 0 aliphatic carbocycles. The molecule has 1 saturated heterocycles. The quantitative estimate of drug-likeness (QED) is 0.758. The molecule has 4 heteroatoms. The lowest BCUT2D eigenvalue weighted by Gasteiger charge is -2.29. The van der Waals surface area contributed by atoms with E-state index in [-0.39, 0.29) is 0 Å². The Kier molecular flexibility index (Phi) is 4.66. The minimum absolute atomic E-state index is 0.358. The summed E-state index contributed by atoms with van der Waals surface area (Å²) < 4.78 is 27.0. The van der Waals surface area contributed by atoms with E-state index in [9.17, 15) is 8.78 Å². The van der Waals surface area contributed by atoms with Crippen LogP contribution in [0.4, 0.5) is 8.78 Å². The Labute approximate surface area is 128 Å². The molecule has 112 valence electrons. The van der Waals surface area contributed by atoms with Gasteiger partial charge in [0, 0.05) is 29.1 Å². The van der Waals surface area contributed by atoms with Crippen molar-refractivity contribution in [1.29, 1.82) is 0 Å². The number of thiophene rings is 1. The topological polar surface area (TPSA) is 3.24 Å². The van der Waals surface area contributed by atoms with E-state index in [1.807, 2.05) is 0 Å². The lowest BCUT2D eigenvalue weighted by molar-refractivity contribution is 0.193. The number of rotatable bonds is 3. The van der Waals surface area contributed by atoms with Gasteiger partial charge in [0.15, 0.2) is 0 Å². The molecule has 2 aromatic rings. The largest absolute Gasteiger partial charge is 0.291 e. The van der Waals surface area contributed by atoms with Crippen LogP contribution in [-0.2, 0) is 6.54 Å². The van der Waals surface area contributed by atoms with Gasteiger partial charge in [-0.05, 0) is 36.9 Å². The molecule has 0 bridgehead atoms. The van der Waals surface area contributed by atoms with E-state index in [1.54, 1.807) is 17.4 Å². The molecular formula is C17H19F2NS. The van der Waals surface area contributed by atoms with Crippen LogP contribution in [0.15, 0.2) is 35.7 Å². The van der Waals surface area contributed by atoms with Crippen LogP contribution in [0.5, 0.6) is 0 Å². The lowest BCUT2D eigenvalue weighted by atomic mass is 10.1. The van der Waals surface area contributed by atoms with Crippen LogP contribution in [0.25, 0.3) is 0 Å². The van der Waals surface area contributed by atoms with Crippen LogP contribution in [0.1, 0.15) is 42.2 Å². The summed E-state index contributed by atoms with van der Waals surface area (Å²) in [5.74, 6) is -0.953. The Balaban J connectivity index is 1.82. The zero-order chi connectivity index (χ0) is 14.7. The highest BCUT2D eigenvalue weighted by atomic mass is 32.1. The zero-order valence-electron chi connectivity index (χ0n) is 11.9. The Hall–Kier alpha value is -1.26. The van der Waals surface area contributed by atoms with Crippen LogP contribution in [0, 0.1) is 11.6 Å². The van der Waals surface area contributed by atoms with Crippen LogP contribution >= 0.6 is 11.3 Å². The maximum absolute atomic E-state index is 13.9. The first-order valence-corrected chi connectivity index (χ1v) is 8.33. The highest BCUT2D eigenvalue weighted by molar-refractivity contribution is 7.10. The second-order valence-electron chi connectivity index (χ2n) is 5.59. The molecule has 1 nitrogen and oxygen atoms in total. The molecule has 0 N–H and O–H groups in total. The molecule has 1 atom stereocenters. The Morgan fingerprint density at radius 1 is 1.14 bits per heavy atom. The maximum Gasteiger partial charge on any atom is 0.130 e. The molecule has 1 aliphatic rings. The van der Waals surface area contributed by atoms with Gasteiger partial charge in [-0.2, -0.15) is 0 Å². The molecule has 0 radical (unpaired) electrons. The smallest absolute Gasteiger partial charge is 0.130 e. The fourth-order valence-corrected chi connectivity index (χ4v) is 3.92. The molecule has 0 saturated carbocycles. The first kappa shape index (κ1) is 14.7. The van der Waals surface area contributed by atoms with Crippen molar-refractivity contribution in [3.8, 4) is 0 Å². The fraction of sp³-hybridized carbons (Fsp3) is 0.412. The van der Waals surface area contributed by atoms with Gasteiger partial charge >= 0.3 is 0 Å². The van der Waals surface area contributed by atoms with Gasteiger partial charge in [-0.15, -0.1) is 11.3 Å². The molecule has 1 fully saturated rings. The number of benzene rings is 1. The summed E-state index contributed by atoms with van der Waals surface area (Å²) in [6.45, 7) is 1.52. The van der Waals surface area contributed by atoms with Crippen LogP contribution in [0.3, 0.4) is 0 Å². The summed E-state index contributed by atoms with van der Waals surface area (Å²) in [5, 5.41) is 2.09. The summed E-state index contributed by atoms with van der Waals surface area (Å²) in [6, 6.07) is 8.48. The van der Waals surface area contributed by atoms with E-state index >= 15 is 0 Å². The van der Waals surface area contributed by atoms with Gasteiger partial charge in [0.25, 0.3) is 0 Å². The summed E-state index contributed by atoms with van der Waals surface area (Å²) >= 11 is 1.76. The summed E-state index contributed by atoms with van der Waals surface area (Å²) in [6.07, 6.45) is 4.70. The van der Waals surface area contributed by atoms with Crippen molar-refractivity contribution in [3.05, 3.63) is 57.8 Å². The van der Waals surface area contributed by atoms with Crippen molar-refractivity contribution < 1.29 is 8.78 Å². The van der Waals surface area contributed by atoms with Crippen LogP contribution in [-0.4, -0.2) is 11.4 Å². The van der Waals surface area contributed by atoms with Crippen molar-refractivity contribution in [2.24, 2.45) is 0 Å². The molecule has 1 aliphatic heterocycles. The third kappa shape index (κ3) is 3.50. The third-order valence-corrected chi connectivity index (χ3v) is 5.10. The molecule has 0 unspecified atom stereocenters. The molecule has 0 spiro atoms. The standard InChI is InChI=1S/C17H19F2NS/c18-14-8-7-13(15(19)11-14)12-20-9-3-1-2-5-16(20)17-6-4-10-21-17/h4,6-8,10-11,16H,1-3,5,9,12H2/t16-/m0/s1. The average Bonchev–Trinajstić information content (AvgIpc) is 2.89.